The second-order valence-electron chi connectivity index (χ2n) is 8.40. The Kier molecular flexibility index (Phi) is 5.80. The zero-order valence-electron chi connectivity index (χ0n) is 19.3. The zero-order valence-corrected chi connectivity index (χ0v) is 19.3. The summed E-state index contributed by atoms with van der Waals surface area (Å²) in [7, 11) is 1.58. The van der Waals surface area contributed by atoms with E-state index in [1.807, 2.05) is 77.4 Å². The van der Waals surface area contributed by atoms with Gasteiger partial charge in [-0.2, -0.15) is 0 Å². The molecule has 2 amide bonds. The van der Waals surface area contributed by atoms with Crippen LogP contribution in [0.2, 0.25) is 0 Å². The molecular weight excluding hydrogens is 426 g/mol. The Morgan fingerprint density at radius 2 is 1.76 bits per heavy atom. The number of carbonyl (C=O) groups is 2. The van der Waals surface area contributed by atoms with Gasteiger partial charge in [0.15, 0.2) is 6.04 Å². The SMILES string of the molecule is CCCCNC(=O)C1c2cc3ccccc3n2-c2ccc(OC)cc2C(=O)N1c1ccccc1. The second-order valence-corrected chi connectivity index (χ2v) is 8.40. The van der Waals surface area contributed by atoms with Crippen molar-refractivity contribution < 1.29 is 14.3 Å². The van der Waals surface area contributed by atoms with E-state index in [0.717, 1.165) is 35.1 Å². The normalized spacial score (nSPS) is 14.9. The van der Waals surface area contributed by atoms with Gasteiger partial charge in [-0.1, -0.05) is 49.7 Å². The molecule has 0 aliphatic carbocycles. The first-order valence-electron chi connectivity index (χ1n) is 11.6. The lowest BCUT2D eigenvalue weighted by Gasteiger charge is -2.29. The van der Waals surface area contributed by atoms with Gasteiger partial charge in [0, 0.05) is 17.6 Å². The highest BCUT2D eigenvalue weighted by atomic mass is 16.5. The average molecular weight is 454 g/mol. The minimum atomic E-state index is -0.836. The van der Waals surface area contributed by atoms with Crippen molar-refractivity contribution in [1.29, 1.82) is 0 Å². The van der Waals surface area contributed by atoms with E-state index in [2.05, 4.69) is 12.2 Å². The fourth-order valence-corrected chi connectivity index (χ4v) is 4.63. The van der Waals surface area contributed by atoms with Crippen LogP contribution in [0.5, 0.6) is 5.75 Å². The van der Waals surface area contributed by atoms with Gasteiger partial charge in [0.2, 0.25) is 5.91 Å². The molecule has 34 heavy (non-hydrogen) atoms. The molecule has 172 valence electrons. The lowest BCUT2D eigenvalue weighted by molar-refractivity contribution is -0.122. The molecule has 0 saturated carbocycles. The number of benzene rings is 3. The highest BCUT2D eigenvalue weighted by Crippen LogP contribution is 2.40. The number of anilines is 1. The number of methoxy groups -OCH3 is 1. The van der Waals surface area contributed by atoms with Gasteiger partial charge < -0.3 is 14.6 Å². The number of amides is 2. The quantitative estimate of drug-likeness (QED) is 0.405. The minimum Gasteiger partial charge on any atom is -0.497 e. The van der Waals surface area contributed by atoms with E-state index in [0.29, 0.717) is 23.5 Å². The Labute approximate surface area is 198 Å². The van der Waals surface area contributed by atoms with Gasteiger partial charge in [-0.3, -0.25) is 14.5 Å². The molecule has 6 heteroatoms. The molecular formula is C28H27N3O3. The van der Waals surface area contributed by atoms with Crippen LogP contribution in [0, 0.1) is 0 Å². The van der Waals surface area contributed by atoms with Crippen molar-refractivity contribution in [3.8, 4) is 11.4 Å². The molecule has 0 radical (unpaired) electrons. The van der Waals surface area contributed by atoms with Crippen molar-refractivity contribution in [2.75, 3.05) is 18.6 Å². The molecule has 0 spiro atoms. The molecule has 1 aromatic heterocycles. The largest absolute Gasteiger partial charge is 0.497 e. The van der Waals surface area contributed by atoms with Crippen molar-refractivity contribution >= 4 is 28.4 Å². The summed E-state index contributed by atoms with van der Waals surface area (Å²) in [4.78, 5) is 29.5. The number of fused-ring (bicyclic) bond motifs is 5. The van der Waals surface area contributed by atoms with Crippen molar-refractivity contribution in [3.63, 3.8) is 0 Å². The first-order chi connectivity index (χ1) is 16.6. The van der Waals surface area contributed by atoms with Gasteiger partial charge in [0.25, 0.3) is 5.91 Å². The molecule has 4 aromatic rings. The standard InChI is InChI=1S/C28H27N3O3/c1-3-4-16-29-27(32)26-25-17-19-10-8-9-13-23(19)31(25)24-15-14-21(34-2)18-22(24)28(33)30(26)20-11-6-5-7-12-20/h5-15,17-18,26H,3-4,16H2,1-2H3,(H,29,32). The zero-order chi connectivity index (χ0) is 23.7. The maximum Gasteiger partial charge on any atom is 0.261 e. The number of ether oxygens (including phenoxy) is 1. The Bertz CT molecular complexity index is 1360. The lowest BCUT2D eigenvalue weighted by Crippen LogP contribution is -2.43. The minimum absolute atomic E-state index is 0.200. The topological polar surface area (TPSA) is 63.6 Å². The van der Waals surface area contributed by atoms with Crippen LogP contribution >= 0.6 is 0 Å². The molecule has 0 fully saturated rings. The van der Waals surface area contributed by atoms with Crippen molar-refractivity contribution in [2.24, 2.45) is 0 Å². The maximum atomic E-state index is 14.1. The summed E-state index contributed by atoms with van der Waals surface area (Å²) in [5.41, 5.74) is 3.56. The molecule has 1 unspecified atom stereocenters. The van der Waals surface area contributed by atoms with E-state index >= 15 is 0 Å². The van der Waals surface area contributed by atoms with Gasteiger partial charge in [0.1, 0.15) is 5.75 Å². The van der Waals surface area contributed by atoms with Gasteiger partial charge in [0.05, 0.1) is 29.6 Å². The average Bonchev–Trinajstić information content (AvgIpc) is 3.21. The van der Waals surface area contributed by atoms with E-state index in [1.165, 1.54) is 0 Å². The number of hydrogen-bond acceptors (Lipinski definition) is 3. The number of rotatable bonds is 6. The molecule has 0 bridgehead atoms. The second kappa shape index (κ2) is 9.06. The predicted molar refractivity (Wildman–Crippen MR) is 134 cm³/mol. The number of nitrogens with one attached hydrogen (secondary N) is 1. The number of hydrogen-bond donors (Lipinski definition) is 1. The van der Waals surface area contributed by atoms with Crippen LogP contribution in [0.3, 0.4) is 0 Å². The van der Waals surface area contributed by atoms with Crippen LogP contribution in [0.1, 0.15) is 41.9 Å². The van der Waals surface area contributed by atoms with E-state index in [4.69, 9.17) is 4.74 Å². The molecule has 2 heterocycles. The fourth-order valence-electron chi connectivity index (χ4n) is 4.63. The lowest BCUT2D eigenvalue weighted by atomic mass is 10.1. The Morgan fingerprint density at radius 3 is 2.53 bits per heavy atom. The third-order valence-electron chi connectivity index (χ3n) is 6.28. The molecule has 1 aliphatic rings. The van der Waals surface area contributed by atoms with Crippen LogP contribution < -0.4 is 15.0 Å². The summed E-state index contributed by atoms with van der Waals surface area (Å²) in [6.45, 7) is 2.64. The Hall–Kier alpha value is -4.06. The predicted octanol–water partition coefficient (Wildman–Crippen LogP) is 5.26. The van der Waals surface area contributed by atoms with E-state index in [-0.39, 0.29) is 11.8 Å². The van der Waals surface area contributed by atoms with Crippen LogP contribution in [0.4, 0.5) is 5.69 Å². The van der Waals surface area contributed by atoms with Gasteiger partial charge >= 0.3 is 0 Å². The van der Waals surface area contributed by atoms with Crippen molar-refractivity contribution in [3.05, 3.63) is 90.1 Å². The highest BCUT2D eigenvalue weighted by molar-refractivity contribution is 6.13. The number of nitrogens with zero attached hydrogens (tertiary/aromatic N) is 2. The van der Waals surface area contributed by atoms with Crippen LogP contribution in [0.15, 0.2) is 78.9 Å². The van der Waals surface area contributed by atoms with E-state index in [9.17, 15) is 9.59 Å². The van der Waals surface area contributed by atoms with Crippen LogP contribution in [-0.2, 0) is 4.79 Å². The molecule has 1 atom stereocenters. The molecule has 1 aliphatic heterocycles. The van der Waals surface area contributed by atoms with Crippen molar-refractivity contribution in [2.45, 2.75) is 25.8 Å². The first kappa shape index (κ1) is 21.8. The molecule has 0 saturated heterocycles. The maximum absolute atomic E-state index is 14.1. The summed E-state index contributed by atoms with van der Waals surface area (Å²) in [5.74, 6) is 0.141. The molecule has 3 aromatic carbocycles. The summed E-state index contributed by atoms with van der Waals surface area (Å²) in [6, 6.07) is 24.0. The number of unbranched alkanes of at least 4 members (excludes halogenated alkanes) is 1. The monoisotopic (exact) mass is 453 g/mol. The van der Waals surface area contributed by atoms with Crippen LogP contribution in [-0.4, -0.2) is 30.0 Å². The van der Waals surface area contributed by atoms with E-state index in [1.54, 1.807) is 18.1 Å². The number of carbonyl (C=O) groups excluding carboxylic acids is 2. The summed E-state index contributed by atoms with van der Waals surface area (Å²) in [6.07, 6.45) is 1.84. The van der Waals surface area contributed by atoms with Gasteiger partial charge in [-0.15, -0.1) is 0 Å². The summed E-state index contributed by atoms with van der Waals surface area (Å²) >= 11 is 0. The first-order valence-corrected chi connectivity index (χ1v) is 11.6. The fraction of sp³-hybridized carbons (Fsp3) is 0.214. The summed E-state index contributed by atoms with van der Waals surface area (Å²) < 4.78 is 7.48. The number of para-hydroxylation sites is 2. The highest BCUT2D eigenvalue weighted by Gasteiger charge is 2.40. The summed E-state index contributed by atoms with van der Waals surface area (Å²) in [5, 5.41) is 4.07. The van der Waals surface area contributed by atoms with Crippen molar-refractivity contribution in [1.82, 2.24) is 9.88 Å². The third-order valence-corrected chi connectivity index (χ3v) is 6.28. The molecule has 1 N–H and O–H groups in total. The number of aromatic nitrogens is 1. The van der Waals surface area contributed by atoms with Crippen LogP contribution in [0.25, 0.3) is 16.6 Å². The Balaban J connectivity index is 1.81. The van der Waals surface area contributed by atoms with Gasteiger partial charge in [-0.05, 0) is 48.9 Å². The van der Waals surface area contributed by atoms with Gasteiger partial charge in [-0.25, -0.2) is 0 Å². The smallest absolute Gasteiger partial charge is 0.261 e. The molecule has 6 nitrogen and oxygen atoms in total. The third kappa shape index (κ3) is 3.61. The Morgan fingerprint density at radius 1 is 1.00 bits per heavy atom. The molecule has 5 rings (SSSR count). The van der Waals surface area contributed by atoms with E-state index < -0.39 is 6.04 Å².